The quantitative estimate of drug-likeness (QED) is 0.248. The normalized spacial score (nSPS) is 12.8. The number of halogens is 3. The van der Waals surface area contributed by atoms with Gasteiger partial charge in [0.15, 0.2) is 6.61 Å². The van der Waals surface area contributed by atoms with E-state index in [2.05, 4.69) is 45.2 Å². The van der Waals surface area contributed by atoms with Crippen LogP contribution in [0.4, 0.5) is 13.2 Å². The highest BCUT2D eigenvalue weighted by Crippen LogP contribution is 2.29. The summed E-state index contributed by atoms with van der Waals surface area (Å²) in [5.74, 6) is 19.2. The van der Waals surface area contributed by atoms with E-state index in [9.17, 15) is 18.0 Å². The van der Waals surface area contributed by atoms with Gasteiger partial charge < -0.3 is 14.2 Å². The molecule has 44 heavy (non-hydrogen) atoms. The van der Waals surface area contributed by atoms with Gasteiger partial charge in [-0.25, -0.2) is 4.79 Å². The van der Waals surface area contributed by atoms with Crippen molar-refractivity contribution >= 4 is 5.97 Å². The summed E-state index contributed by atoms with van der Waals surface area (Å²) < 4.78 is 54.5. The first kappa shape index (κ1) is 32.1. The SMILES string of the molecule is COC(=O)COc1ccc(OCC#Cc2cc(C#CCN3CCCCC3)cc(C#Cc3ccc(C(F)(F)F)cc3)c2)cc1C. The lowest BCUT2D eigenvalue weighted by atomic mass is 10.1. The number of nitrogens with zero attached hydrogens (tertiary/aromatic N) is 1. The van der Waals surface area contributed by atoms with Gasteiger partial charge in [0.05, 0.1) is 19.2 Å². The van der Waals surface area contributed by atoms with Gasteiger partial charge in [0.2, 0.25) is 0 Å². The van der Waals surface area contributed by atoms with Crippen LogP contribution in [0.1, 0.15) is 52.6 Å². The van der Waals surface area contributed by atoms with Gasteiger partial charge in [0, 0.05) is 22.3 Å². The Hall–Kier alpha value is -4.84. The van der Waals surface area contributed by atoms with Crippen LogP contribution in [0.25, 0.3) is 0 Å². The molecule has 0 amide bonds. The molecule has 1 aliphatic heterocycles. The highest BCUT2D eigenvalue weighted by Gasteiger charge is 2.29. The molecule has 0 bridgehead atoms. The number of benzene rings is 3. The number of hydrogen-bond donors (Lipinski definition) is 0. The summed E-state index contributed by atoms with van der Waals surface area (Å²) >= 11 is 0. The Morgan fingerprint density at radius 3 is 2.07 bits per heavy atom. The predicted molar refractivity (Wildman–Crippen MR) is 162 cm³/mol. The molecule has 0 atom stereocenters. The van der Waals surface area contributed by atoms with E-state index in [1.807, 2.05) is 25.1 Å². The molecule has 0 unspecified atom stereocenters. The number of carbonyl (C=O) groups excluding carboxylic acids is 1. The molecular formula is C36H32F3NO4. The minimum Gasteiger partial charge on any atom is -0.482 e. The fraction of sp³-hybridized carbons (Fsp3) is 0.306. The summed E-state index contributed by atoms with van der Waals surface area (Å²) in [6, 6.07) is 15.6. The molecule has 226 valence electrons. The third-order valence-electron chi connectivity index (χ3n) is 6.74. The first-order valence-corrected chi connectivity index (χ1v) is 14.2. The van der Waals surface area contributed by atoms with Crippen molar-refractivity contribution in [1.82, 2.24) is 4.90 Å². The number of aryl methyl sites for hydroxylation is 1. The number of likely N-dealkylation sites (tertiary alicyclic amines) is 1. The van der Waals surface area contributed by atoms with Crippen LogP contribution in [0.15, 0.2) is 60.7 Å². The van der Waals surface area contributed by atoms with Crippen molar-refractivity contribution in [2.45, 2.75) is 32.4 Å². The summed E-state index contributed by atoms with van der Waals surface area (Å²) in [6.07, 6.45) is -0.768. The van der Waals surface area contributed by atoms with Crippen molar-refractivity contribution in [3.63, 3.8) is 0 Å². The van der Waals surface area contributed by atoms with Gasteiger partial charge in [-0.15, -0.1) is 0 Å². The van der Waals surface area contributed by atoms with Gasteiger partial charge in [0.1, 0.15) is 18.1 Å². The second-order valence-corrected chi connectivity index (χ2v) is 10.1. The van der Waals surface area contributed by atoms with Gasteiger partial charge in [-0.3, -0.25) is 4.90 Å². The molecule has 4 rings (SSSR count). The molecule has 8 heteroatoms. The van der Waals surface area contributed by atoms with Crippen LogP contribution in [-0.2, 0) is 15.7 Å². The third-order valence-corrected chi connectivity index (χ3v) is 6.74. The van der Waals surface area contributed by atoms with Gasteiger partial charge in [-0.2, -0.15) is 13.2 Å². The fourth-order valence-corrected chi connectivity index (χ4v) is 4.43. The molecule has 0 spiro atoms. The second kappa shape index (κ2) is 15.6. The molecule has 0 aromatic heterocycles. The zero-order chi connectivity index (χ0) is 31.4. The van der Waals surface area contributed by atoms with Crippen molar-refractivity contribution < 1.29 is 32.2 Å². The molecule has 5 nitrogen and oxygen atoms in total. The summed E-state index contributed by atoms with van der Waals surface area (Å²) in [7, 11) is 1.30. The van der Waals surface area contributed by atoms with Crippen LogP contribution < -0.4 is 9.47 Å². The van der Waals surface area contributed by atoms with Crippen LogP contribution in [0.3, 0.4) is 0 Å². The first-order valence-electron chi connectivity index (χ1n) is 14.2. The van der Waals surface area contributed by atoms with Crippen molar-refractivity contribution in [2.75, 3.05) is 40.0 Å². The van der Waals surface area contributed by atoms with Crippen LogP contribution in [0.2, 0.25) is 0 Å². The standard InChI is InChI=1S/C36H32F3NO4/c1-27-22-33(16-17-34(27)44-26-35(41)42-2)43-21-7-9-30-23-29(8-6-20-40-18-4-3-5-19-40)24-31(25-30)11-10-28-12-14-32(15-13-28)36(37,38)39/h12-17,22-25H,3-5,18-21,26H2,1-2H3. The van der Waals surface area contributed by atoms with E-state index in [0.29, 0.717) is 34.7 Å². The number of ether oxygens (including phenoxy) is 3. The number of rotatable bonds is 6. The van der Waals surface area contributed by atoms with Crippen LogP contribution in [0.5, 0.6) is 11.5 Å². The van der Waals surface area contributed by atoms with Crippen LogP contribution in [-0.4, -0.2) is 50.8 Å². The molecule has 0 aliphatic carbocycles. The maximum atomic E-state index is 12.9. The zero-order valence-electron chi connectivity index (χ0n) is 24.6. The van der Waals surface area contributed by atoms with Gasteiger partial charge in [0.25, 0.3) is 0 Å². The average Bonchev–Trinajstić information content (AvgIpc) is 3.02. The van der Waals surface area contributed by atoms with E-state index in [0.717, 1.165) is 36.3 Å². The maximum absolute atomic E-state index is 12.9. The van der Waals surface area contributed by atoms with E-state index < -0.39 is 17.7 Å². The molecule has 0 N–H and O–H groups in total. The maximum Gasteiger partial charge on any atom is 0.416 e. The van der Waals surface area contributed by atoms with Crippen molar-refractivity contribution in [3.8, 4) is 47.0 Å². The van der Waals surface area contributed by atoms with Crippen molar-refractivity contribution in [3.05, 3.63) is 94.0 Å². The highest BCUT2D eigenvalue weighted by molar-refractivity contribution is 5.71. The number of esters is 1. The fourth-order valence-electron chi connectivity index (χ4n) is 4.43. The third kappa shape index (κ3) is 10.2. The first-order chi connectivity index (χ1) is 21.2. The second-order valence-electron chi connectivity index (χ2n) is 10.1. The Balaban J connectivity index is 1.48. The molecule has 1 saturated heterocycles. The summed E-state index contributed by atoms with van der Waals surface area (Å²) in [5, 5.41) is 0. The summed E-state index contributed by atoms with van der Waals surface area (Å²) in [6.45, 7) is 4.57. The number of carbonyl (C=O) groups is 1. The highest BCUT2D eigenvalue weighted by atomic mass is 19.4. The lowest BCUT2D eigenvalue weighted by Crippen LogP contribution is -2.29. The van der Waals surface area contributed by atoms with Gasteiger partial charge in [-0.1, -0.05) is 41.9 Å². The Morgan fingerprint density at radius 2 is 1.43 bits per heavy atom. The number of piperidine rings is 1. The molecule has 0 saturated carbocycles. The minimum absolute atomic E-state index is 0.124. The van der Waals surface area contributed by atoms with E-state index in [1.54, 1.807) is 18.2 Å². The zero-order valence-corrected chi connectivity index (χ0v) is 24.6. The van der Waals surface area contributed by atoms with E-state index in [1.165, 1.54) is 38.5 Å². The molecular weight excluding hydrogens is 567 g/mol. The predicted octanol–water partition coefficient (Wildman–Crippen LogP) is 6.23. The van der Waals surface area contributed by atoms with E-state index in [4.69, 9.17) is 9.47 Å². The van der Waals surface area contributed by atoms with Gasteiger partial charge in [-0.05, 0) is 99.1 Å². The minimum atomic E-state index is -4.40. The van der Waals surface area contributed by atoms with E-state index >= 15 is 0 Å². The molecule has 0 radical (unpaired) electrons. The largest absolute Gasteiger partial charge is 0.482 e. The smallest absolute Gasteiger partial charge is 0.416 e. The number of methoxy groups -OCH3 is 1. The molecule has 1 heterocycles. The Bertz CT molecular complexity index is 1640. The van der Waals surface area contributed by atoms with Crippen LogP contribution >= 0.6 is 0 Å². The Morgan fingerprint density at radius 1 is 0.795 bits per heavy atom. The molecule has 3 aromatic carbocycles. The molecule has 1 aliphatic rings. The van der Waals surface area contributed by atoms with Gasteiger partial charge >= 0.3 is 12.1 Å². The van der Waals surface area contributed by atoms with Crippen LogP contribution in [0, 0.1) is 42.4 Å². The van der Waals surface area contributed by atoms with Crippen molar-refractivity contribution in [2.24, 2.45) is 0 Å². The monoisotopic (exact) mass is 599 g/mol. The Labute approximate surface area is 256 Å². The summed E-state index contributed by atoms with van der Waals surface area (Å²) in [5.41, 5.74) is 2.65. The van der Waals surface area contributed by atoms with Crippen molar-refractivity contribution in [1.29, 1.82) is 0 Å². The average molecular weight is 600 g/mol. The topological polar surface area (TPSA) is 48.0 Å². The molecule has 3 aromatic rings. The number of alkyl halides is 3. The molecule has 1 fully saturated rings. The number of hydrogen-bond acceptors (Lipinski definition) is 5. The lowest BCUT2D eigenvalue weighted by Gasteiger charge is -2.23. The van der Waals surface area contributed by atoms with E-state index in [-0.39, 0.29) is 13.2 Å². The lowest BCUT2D eigenvalue weighted by molar-refractivity contribution is -0.143. The summed E-state index contributed by atoms with van der Waals surface area (Å²) in [4.78, 5) is 13.7. The Kier molecular flexibility index (Phi) is 11.4.